The number of aromatic nitrogens is 3. The number of benzene rings is 1. The lowest BCUT2D eigenvalue weighted by Gasteiger charge is -2.25. The molecule has 1 aromatic carbocycles. The molecule has 1 fully saturated rings. The molecule has 0 amide bonds. The topological polar surface area (TPSA) is 118 Å². The Balaban J connectivity index is 1.48. The van der Waals surface area contributed by atoms with Crippen LogP contribution in [0.15, 0.2) is 18.3 Å². The smallest absolute Gasteiger partial charge is 0.154 e. The van der Waals surface area contributed by atoms with E-state index in [0.29, 0.717) is 30.2 Å². The predicted octanol–water partition coefficient (Wildman–Crippen LogP) is 1.53. The Labute approximate surface area is 178 Å². The fourth-order valence-corrected chi connectivity index (χ4v) is 4.89. The molecular formula is C22H26FN5O3. The zero-order valence-electron chi connectivity index (χ0n) is 17.5. The van der Waals surface area contributed by atoms with Crippen LogP contribution in [0.5, 0.6) is 5.75 Å². The van der Waals surface area contributed by atoms with Crippen molar-refractivity contribution in [1.82, 2.24) is 19.9 Å². The Hall–Kier alpha value is -2.75. The summed E-state index contributed by atoms with van der Waals surface area (Å²) in [6.45, 7) is 5.37. The molecule has 9 heteroatoms. The first-order chi connectivity index (χ1) is 14.8. The monoisotopic (exact) mass is 427 g/mol. The van der Waals surface area contributed by atoms with E-state index in [1.54, 1.807) is 11.5 Å². The number of nitrogen functional groups attached to an aromatic ring is 1. The summed E-state index contributed by atoms with van der Waals surface area (Å²) in [4.78, 5) is 8.35. The van der Waals surface area contributed by atoms with Gasteiger partial charge in [0.2, 0.25) is 0 Å². The molecule has 0 radical (unpaired) electrons. The van der Waals surface area contributed by atoms with Crippen molar-refractivity contribution in [3.8, 4) is 5.75 Å². The second kappa shape index (κ2) is 7.44. The van der Waals surface area contributed by atoms with Gasteiger partial charge in [-0.25, -0.2) is 14.4 Å². The average molecular weight is 427 g/mol. The maximum Gasteiger partial charge on any atom is 0.154 e. The minimum atomic E-state index is -1.14. The number of nitrogens with one attached hydrogen (secondary N) is 1. The summed E-state index contributed by atoms with van der Waals surface area (Å²) in [5.41, 5.74) is 9.77. The molecule has 0 spiro atoms. The van der Waals surface area contributed by atoms with Crippen LogP contribution in [0.1, 0.15) is 35.0 Å². The minimum Gasteiger partial charge on any atom is -0.487 e. The van der Waals surface area contributed by atoms with Crippen LogP contribution >= 0.6 is 0 Å². The maximum absolute atomic E-state index is 14.6. The largest absolute Gasteiger partial charge is 0.487 e. The van der Waals surface area contributed by atoms with Crippen LogP contribution in [0, 0.1) is 19.7 Å². The van der Waals surface area contributed by atoms with Crippen molar-refractivity contribution >= 4 is 16.9 Å². The number of hydrogen-bond acceptors (Lipinski definition) is 7. The molecule has 8 nitrogen and oxygen atoms in total. The van der Waals surface area contributed by atoms with Crippen LogP contribution in [0.2, 0.25) is 0 Å². The van der Waals surface area contributed by atoms with E-state index in [2.05, 4.69) is 22.2 Å². The van der Waals surface area contributed by atoms with Gasteiger partial charge in [0.25, 0.3) is 0 Å². The summed E-state index contributed by atoms with van der Waals surface area (Å²) >= 11 is 0. The number of anilines is 1. The van der Waals surface area contributed by atoms with Gasteiger partial charge in [0.15, 0.2) is 5.82 Å². The minimum absolute atomic E-state index is 0.0540. The molecule has 1 aliphatic heterocycles. The molecule has 1 aliphatic carbocycles. The highest BCUT2D eigenvalue weighted by atomic mass is 19.1. The first-order valence-corrected chi connectivity index (χ1v) is 10.5. The van der Waals surface area contributed by atoms with Crippen LogP contribution in [0.3, 0.4) is 0 Å². The standard InChI is InChI=1S/C22H26FN5O3/c1-10-3-4-16(13-8-25-6-5-12(10)13)31-17-7-15(19(29)20(17)30)28-9-14(23)18-21(24)26-11(2)27-22(18)28/h3-4,9,15,17,19-20,25,29-30H,5-8H2,1-2H3,(H2,24,26,27)/t15-,17+,19+,20-/m1/s1. The highest BCUT2D eigenvalue weighted by Crippen LogP contribution is 2.38. The van der Waals surface area contributed by atoms with Crippen molar-refractivity contribution in [3.05, 3.63) is 46.7 Å². The third kappa shape index (κ3) is 3.24. The Morgan fingerprint density at radius 2 is 2.00 bits per heavy atom. The molecule has 0 saturated heterocycles. The number of rotatable bonds is 3. The van der Waals surface area contributed by atoms with Gasteiger partial charge in [-0.1, -0.05) is 6.07 Å². The van der Waals surface area contributed by atoms with Gasteiger partial charge in [0, 0.05) is 24.7 Å². The summed E-state index contributed by atoms with van der Waals surface area (Å²) in [6, 6.07) is 3.32. The van der Waals surface area contributed by atoms with Crippen molar-refractivity contribution in [2.24, 2.45) is 0 Å². The zero-order valence-corrected chi connectivity index (χ0v) is 17.5. The molecule has 5 rings (SSSR count). The number of hydrogen-bond donors (Lipinski definition) is 4. The Morgan fingerprint density at radius 1 is 1.19 bits per heavy atom. The van der Waals surface area contributed by atoms with Crippen LogP contribution in [0.4, 0.5) is 10.2 Å². The summed E-state index contributed by atoms with van der Waals surface area (Å²) in [5.74, 6) is 0.607. The quantitative estimate of drug-likeness (QED) is 0.501. The second-order valence-corrected chi connectivity index (χ2v) is 8.44. The molecule has 31 heavy (non-hydrogen) atoms. The molecule has 1 saturated carbocycles. The van der Waals surface area contributed by atoms with E-state index in [1.807, 2.05) is 12.1 Å². The highest BCUT2D eigenvalue weighted by molar-refractivity contribution is 5.87. The molecule has 4 atom stereocenters. The third-order valence-corrected chi connectivity index (χ3v) is 6.48. The Morgan fingerprint density at radius 3 is 2.81 bits per heavy atom. The maximum atomic E-state index is 14.6. The highest BCUT2D eigenvalue weighted by Gasteiger charge is 2.45. The summed E-state index contributed by atoms with van der Waals surface area (Å²) in [7, 11) is 0. The zero-order chi connectivity index (χ0) is 21.9. The van der Waals surface area contributed by atoms with Crippen LogP contribution in [-0.2, 0) is 13.0 Å². The second-order valence-electron chi connectivity index (χ2n) is 8.44. The number of ether oxygens (including phenoxy) is 1. The normalized spacial score (nSPS) is 25.7. The van der Waals surface area contributed by atoms with Crippen LogP contribution in [-0.4, -0.2) is 49.6 Å². The van der Waals surface area contributed by atoms with Crippen molar-refractivity contribution in [3.63, 3.8) is 0 Å². The van der Waals surface area contributed by atoms with E-state index in [-0.39, 0.29) is 11.2 Å². The Kier molecular flexibility index (Phi) is 4.84. The Bertz CT molecular complexity index is 1160. The molecule has 3 heterocycles. The van der Waals surface area contributed by atoms with E-state index < -0.39 is 30.2 Å². The van der Waals surface area contributed by atoms with E-state index in [0.717, 1.165) is 18.5 Å². The lowest BCUT2D eigenvalue weighted by molar-refractivity contribution is -0.0166. The van der Waals surface area contributed by atoms with E-state index in [9.17, 15) is 14.6 Å². The van der Waals surface area contributed by atoms with Gasteiger partial charge in [-0.05, 0) is 44.0 Å². The summed E-state index contributed by atoms with van der Waals surface area (Å²) in [6.07, 6.45) is -0.434. The van der Waals surface area contributed by atoms with E-state index in [4.69, 9.17) is 10.5 Å². The van der Waals surface area contributed by atoms with Gasteiger partial charge in [-0.15, -0.1) is 0 Å². The van der Waals surface area contributed by atoms with Gasteiger partial charge in [0.1, 0.15) is 41.4 Å². The van der Waals surface area contributed by atoms with Gasteiger partial charge in [-0.2, -0.15) is 0 Å². The van der Waals surface area contributed by atoms with Gasteiger partial charge in [-0.3, -0.25) is 0 Å². The molecule has 0 bridgehead atoms. The molecule has 2 aliphatic rings. The fourth-order valence-electron chi connectivity index (χ4n) is 4.89. The summed E-state index contributed by atoms with van der Waals surface area (Å²) in [5, 5.41) is 25.0. The molecule has 5 N–H and O–H groups in total. The lowest BCUT2D eigenvalue weighted by Crippen LogP contribution is -2.35. The van der Waals surface area contributed by atoms with Crippen molar-refractivity contribution in [1.29, 1.82) is 0 Å². The molecule has 0 unspecified atom stereocenters. The van der Waals surface area contributed by atoms with Gasteiger partial charge >= 0.3 is 0 Å². The number of aryl methyl sites for hydroxylation is 2. The number of aliphatic hydroxyl groups excluding tert-OH is 2. The molecule has 3 aromatic rings. The average Bonchev–Trinajstić information content (AvgIpc) is 3.21. The van der Waals surface area contributed by atoms with Crippen molar-refractivity contribution < 1.29 is 19.3 Å². The lowest BCUT2D eigenvalue weighted by atomic mass is 9.95. The number of halogens is 1. The first kappa shape index (κ1) is 20.2. The third-order valence-electron chi connectivity index (χ3n) is 6.48. The van der Waals surface area contributed by atoms with E-state index in [1.165, 1.54) is 17.3 Å². The number of nitrogens with zero attached hydrogens (tertiary/aromatic N) is 3. The van der Waals surface area contributed by atoms with Crippen molar-refractivity contribution in [2.45, 2.75) is 57.6 Å². The molecule has 164 valence electrons. The predicted molar refractivity (Wildman–Crippen MR) is 113 cm³/mol. The van der Waals surface area contributed by atoms with E-state index >= 15 is 0 Å². The molecular weight excluding hydrogens is 401 g/mol. The van der Waals surface area contributed by atoms with Crippen LogP contribution < -0.4 is 15.8 Å². The fraction of sp³-hybridized carbons (Fsp3) is 0.455. The van der Waals surface area contributed by atoms with Gasteiger partial charge in [0.05, 0.1) is 11.4 Å². The SMILES string of the molecule is Cc1nc(N)c2c(F)cn([C@@H]3C[C@H](Oc4ccc(C)c5c4CNCC5)[C@@H](O)[C@H]3O)c2n1. The number of nitrogens with two attached hydrogens (primary N) is 1. The first-order valence-electron chi connectivity index (χ1n) is 10.5. The van der Waals surface area contributed by atoms with Gasteiger partial charge < -0.3 is 30.6 Å². The summed E-state index contributed by atoms with van der Waals surface area (Å²) < 4.78 is 22.3. The number of fused-ring (bicyclic) bond motifs is 2. The van der Waals surface area contributed by atoms with Crippen molar-refractivity contribution in [2.75, 3.05) is 12.3 Å². The van der Waals surface area contributed by atoms with Crippen LogP contribution in [0.25, 0.3) is 11.0 Å². The number of aliphatic hydroxyl groups is 2. The molecule has 2 aromatic heterocycles.